The van der Waals surface area contributed by atoms with Crippen LogP contribution in [-0.2, 0) is 0 Å². The molecular formula is C14H17FO2S. The summed E-state index contributed by atoms with van der Waals surface area (Å²) in [4.78, 5) is 11.9. The van der Waals surface area contributed by atoms with Crippen molar-refractivity contribution in [3.63, 3.8) is 0 Å². The van der Waals surface area contributed by atoms with Gasteiger partial charge in [-0.05, 0) is 25.0 Å². The Bertz CT molecular complexity index is 428. The maximum atomic E-state index is 13.7. The lowest BCUT2D eigenvalue weighted by molar-refractivity contribution is 0.101. The topological polar surface area (TPSA) is 26.3 Å². The summed E-state index contributed by atoms with van der Waals surface area (Å²) in [6.07, 6.45) is 4.87. The van der Waals surface area contributed by atoms with Gasteiger partial charge in [0.1, 0.15) is 11.6 Å². The molecule has 0 radical (unpaired) electrons. The highest BCUT2D eigenvalue weighted by atomic mass is 32.2. The van der Waals surface area contributed by atoms with Crippen LogP contribution in [0.1, 0.15) is 36.0 Å². The largest absolute Gasteiger partial charge is 0.497 e. The molecule has 0 spiro atoms. The standard InChI is InChI=1S/C14H17FO2S/c1-17-10-6-7-12(13(15)8-10)14(16)9-18-11-4-2-3-5-11/h6-8,11H,2-5,9H2,1H3. The molecular weight excluding hydrogens is 251 g/mol. The highest BCUT2D eigenvalue weighted by Gasteiger charge is 2.18. The van der Waals surface area contributed by atoms with Crippen LogP contribution >= 0.6 is 11.8 Å². The Morgan fingerprint density at radius 3 is 2.78 bits per heavy atom. The van der Waals surface area contributed by atoms with Crippen molar-refractivity contribution in [3.8, 4) is 5.75 Å². The van der Waals surface area contributed by atoms with Gasteiger partial charge < -0.3 is 4.74 Å². The van der Waals surface area contributed by atoms with Crippen LogP contribution in [0.4, 0.5) is 4.39 Å². The Morgan fingerprint density at radius 1 is 1.44 bits per heavy atom. The van der Waals surface area contributed by atoms with Crippen LogP contribution in [0.5, 0.6) is 5.75 Å². The van der Waals surface area contributed by atoms with E-state index in [2.05, 4.69) is 0 Å². The molecule has 1 fully saturated rings. The molecule has 1 aliphatic carbocycles. The van der Waals surface area contributed by atoms with Gasteiger partial charge in [-0.15, -0.1) is 0 Å². The number of benzene rings is 1. The maximum absolute atomic E-state index is 13.7. The molecule has 0 unspecified atom stereocenters. The number of methoxy groups -OCH3 is 1. The van der Waals surface area contributed by atoms with Crippen LogP contribution in [0.15, 0.2) is 18.2 Å². The molecule has 18 heavy (non-hydrogen) atoms. The van der Waals surface area contributed by atoms with E-state index in [1.54, 1.807) is 17.8 Å². The third-order valence-corrected chi connectivity index (χ3v) is 4.60. The van der Waals surface area contributed by atoms with Crippen LogP contribution in [0.2, 0.25) is 0 Å². The Labute approximate surface area is 111 Å². The third kappa shape index (κ3) is 3.25. The quantitative estimate of drug-likeness (QED) is 0.762. The van der Waals surface area contributed by atoms with Crippen molar-refractivity contribution in [2.24, 2.45) is 0 Å². The average molecular weight is 268 g/mol. The van der Waals surface area contributed by atoms with Gasteiger partial charge in [-0.3, -0.25) is 4.79 Å². The van der Waals surface area contributed by atoms with E-state index in [9.17, 15) is 9.18 Å². The smallest absolute Gasteiger partial charge is 0.175 e. The molecule has 1 saturated carbocycles. The van der Waals surface area contributed by atoms with Crippen molar-refractivity contribution in [2.45, 2.75) is 30.9 Å². The number of carbonyl (C=O) groups excluding carboxylic acids is 1. The van der Waals surface area contributed by atoms with Gasteiger partial charge in [0.15, 0.2) is 5.78 Å². The van der Waals surface area contributed by atoms with Crippen LogP contribution in [0.3, 0.4) is 0 Å². The van der Waals surface area contributed by atoms with Crippen molar-refractivity contribution >= 4 is 17.5 Å². The van der Waals surface area contributed by atoms with Crippen molar-refractivity contribution in [3.05, 3.63) is 29.6 Å². The number of hydrogen-bond acceptors (Lipinski definition) is 3. The molecule has 2 nitrogen and oxygen atoms in total. The van der Waals surface area contributed by atoms with Crippen molar-refractivity contribution in [2.75, 3.05) is 12.9 Å². The normalized spacial score (nSPS) is 15.9. The zero-order chi connectivity index (χ0) is 13.0. The van der Waals surface area contributed by atoms with Crippen molar-refractivity contribution in [1.82, 2.24) is 0 Å². The minimum atomic E-state index is -0.494. The zero-order valence-corrected chi connectivity index (χ0v) is 11.3. The van der Waals surface area contributed by atoms with Crippen molar-refractivity contribution in [1.29, 1.82) is 0 Å². The van der Waals surface area contributed by atoms with Crippen LogP contribution in [0, 0.1) is 5.82 Å². The Balaban J connectivity index is 1.95. The second-order valence-electron chi connectivity index (χ2n) is 4.49. The van der Waals surface area contributed by atoms with Gasteiger partial charge in [0.2, 0.25) is 0 Å². The minimum Gasteiger partial charge on any atom is -0.497 e. The van der Waals surface area contributed by atoms with E-state index in [1.165, 1.54) is 44.9 Å². The first kappa shape index (κ1) is 13.4. The minimum absolute atomic E-state index is 0.132. The summed E-state index contributed by atoms with van der Waals surface area (Å²) >= 11 is 1.66. The number of halogens is 1. The van der Waals surface area contributed by atoms with E-state index < -0.39 is 5.82 Å². The lowest BCUT2D eigenvalue weighted by Crippen LogP contribution is -2.08. The molecule has 2 rings (SSSR count). The van der Waals surface area contributed by atoms with Gasteiger partial charge in [0.05, 0.1) is 18.4 Å². The molecule has 0 bridgehead atoms. The second-order valence-corrected chi connectivity index (χ2v) is 5.78. The molecule has 0 aromatic heterocycles. The van der Waals surface area contributed by atoms with Crippen LogP contribution in [-0.4, -0.2) is 23.9 Å². The fourth-order valence-corrected chi connectivity index (χ4v) is 3.38. The van der Waals surface area contributed by atoms with E-state index in [0.717, 1.165) is 0 Å². The maximum Gasteiger partial charge on any atom is 0.175 e. The molecule has 0 atom stereocenters. The predicted molar refractivity (Wildman–Crippen MR) is 72.0 cm³/mol. The summed E-state index contributed by atoms with van der Waals surface area (Å²) < 4.78 is 18.6. The van der Waals surface area contributed by atoms with Gasteiger partial charge >= 0.3 is 0 Å². The first-order valence-electron chi connectivity index (χ1n) is 6.19. The van der Waals surface area contributed by atoms with Crippen LogP contribution < -0.4 is 4.74 Å². The summed E-state index contributed by atoms with van der Waals surface area (Å²) in [6, 6.07) is 4.38. The van der Waals surface area contributed by atoms with E-state index in [4.69, 9.17) is 4.74 Å². The van der Waals surface area contributed by atoms with Gasteiger partial charge in [-0.25, -0.2) is 4.39 Å². The van der Waals surface area contributed by atoms with Gasteiger partial charge in [0, 0.05) is 11.3 Å². The van der Waals surface area contributed by atoms with Gasteiger partial charge in [-0.1, -0.05) is 12.8 Å². The summed E-state index contributed by atoms with van der Waals surface area (Å²) in [5.41, 5.74) is 0.168. The predicted octanol–water partition coefficient (Wildman–Crippen LogP) is 3.69. The Hall–Kier alpha value is -1.03. The van der Waals surface area contributed by atoms with E-state index >= 15 is 0 Å². The number of carbonyl (C=O) groups is 1. The second kappa shape index (κ2) is 6.23. The first-order valence-corrected chi connectivity index (χ1v) is 7.24. The summed E-state index contributed by atoms with van der Waals surface area (Å²) in [5, 5.41) is 0.579. The Kier molecular flexibility index (Phi) is 4.64. The first-order chi connectivity index (χ1) is 8.70. The average Bonchev–Trinajstić information content (AvgIpc) is 2.88. The van der Waals surface area contributed by atoms with E-state index in [1.807, 2.05) is 0 Å². The van der Waals surface area contributed by atoms with Gasteiger partial charge in [-0.2, -0.15) is 11.8 Å². The molecule has 0 aliphatic heterocycles. The number of hydrogen-bond donors (Lipinski definition) is 0. The van der Waals surface area contributed by atoms with Gasteiger partial charge in [0.25, 0.3) is 0 Å². The molecule has 1 aliphatic rings. The number of Topliss-reactive ketones (excluding diaryl/α,β-unsaturated/α-hetero) is 1. The van der Waals surface area contributed by atoms with E-state index in [0.29, 0.717) is 16.8 Å². The molecule has 1 aromatic carbocycles. The molecule has 1 aromatic rings. The number of thioether (sulfide) groups is 1. The molecule has 0 N–H and O–H groups in total. The molecule has 4 heteroatoms. The number of ether oxygens (including phenoxy) is 1. The lowest BCUT2D eigenvalue weighted by Gasteiger charge is -2.08. The molecule has 0 saturated heterocycles. The van der Waals surface area contributed by atoms with E-state index in [-0.39, 0.29) is 11.3 Å². The highest BCUT2D eigenvalue weighted by Crippen LogP contribution is 2.30. The summed E-state index contributed by atoms with van der Waals surface area (Å²) in [7, 11) is 1.48. The fourth-order valence-electron chi connectivity index (χ4n) is 2.18. The molecule has 0 heterocycles. The fraction of sp³-hybridized carbons (Fsp3) is 0.500. The molecule has 0 amide bonds. The zero-order valence-electron chi connectivity index (χ0n) is 10.4. The van der Waals surface area contributed by atoms with Crippen LogP contribution in [0.25, 0.3) is 0 Å². The highest BCUT2D eigenvalue weighted by molar-refractivity contribution is 8.00. The third-order valence-electron chi connectivity index (χ3n) is 3.23. The Morgan fingerprint density at radius 2 is 2.17 bits per heavy atom. The number of rotatable bonds is 5. The summed E-state index contributed by atoms with van der Waals surface area (Å²) in [6.45, 7) is 0. The number of ketones is 1. The van der Waals surface area contributed by atoms with Crippen molar-refractivity contribution < 1.29 is 13.9 Å². The lowest BCUT2D eigenvalue weighted by atomic mass is 10.1. The molecule has 98 valence electrons. The summed E-state index contributed by atoms with van der Waals surface area (Å²) in [5.74, 6) is 0.180. The SMILES string of the molecule is COc1ccc(C(=O)CSC2CCCC2)c(F)c1. The monoisotopic (exact) mass is 268 g/mol.